The molecule has 3 rings (SSSR count). The molecule has 126 valence electrons. The van der Waals surface area contributed by atoms with E-state index in [1.807, 2.05) is 41.3 Å². The number of pyridine rings is 1. The Morgan fingerprint density at radius 2 is 1.96 bits per heavy atom. The van der Waals surface area contributed by atoms with Crippen LogP contribution in [0.2, 0.25) is 0 Å². The SMILES string of the molecule is CCC1CCCCN1C(=O)c1ccc(Nc2ccc(Br)cc2)cn1. The normalized spacial score (nSPS) is 17.6. The van der Waals surface area contributed by atoms with Crippen molar-refractivity contribution in [1.82, 2.24) is 9.88 Å². The van der Waals surface area contributed by atoms with Gasteiger partial charge in [-0.2, -0.15) is 0 Å². The van der Waals surface area contributed by atoms with Crippen molar-refractivity contribution in [3.05, 3.63) is 52.8 Å². The monoisotopic (exact) mass is 387 g/mol. The van der Waals surface area contributed by atoms with Crippen molar-refractivity contribution in [1.29, 1.82) is 0 Å². The summed E-state index contributed by atoms with van der Waals surface area (Å²) in [4.78, 5) is 19.1. The smallest absolute Gasteiger partial charge is 0.272 e. The molecule has 5 heteroatoms. The van der Waals surface area contributed by atoms with E-state index in [2.05, 4.69) is 33.2 Å². The number of anilines is 2. The van der Waals surface area contributed by atoms with Crippen molar-refractivity contribution in [2.45, 2.75) is 38.6 Å². The molecule has 0 spiro atoms. The molecule has 1 aliphatic heterocycles. The minimum atomic E-state index is 0.0525. The molecule has 1 aromatic carbocycles. The molecular weight excluding hydrogens is 366 g/mol. The molecule has 0 saturated carbocycles. The van der Waals surface area contributed by atoms with Gasteiger partial charge in [-0.15, -0.1) is 0 Å². The van der Waals surface area contributed by atoms with Gasteiger partial charge in [0.15, 0.2) is 0 Å². The average molecular weight is 388 g/mol. The van der Waals surface area contributed by atoms with Crippen LogP contribution in [0.1, 0.15) is 43.1 Å². The minimum Gasteiger partial charge on any atom is -0.354 e. The van der Waals surface area contributed by atoms with Crippen LogP contribution in [0, 0.1) is 0 Å². The summed E-state index contributed by atoms with van der Waals surface area (Å²) in [6.45, 7) is 2.99. The summed E-state index contributed by atoms with van der Waals surface area (Å²) in [6, 6.07) is 12.0. The van der Waals surface area contributed by atoms with Gasteiger partial charge >= 0.3 is 0 Å². The molecule has 0 aliphatic carbocycles. The van der Waals surface area contributed by atoms with E-state index in [-0.39, 0.29) is 5.91 Å². The van der Waals surface area contributed by atoms with Crippen LogP contribution in [0.5, 0.6) is 0 Å². The Labute approximate surface area is 151 Å². The molecule has 1 unspecified atom stereocenters. The zero-order valence-corrected chi connectivity index (χ0v) is 15.4. The molecule has 1 aromatic heterocycles. The first kappa shape index (κ1) is 17.0. The fourth-order valence-corrected chi connectivity index (χ4v) is 3.40. The van der Waals surface area contributed by atoms with Crippen molar-refractivity contribution in [2.24, 2.45) is 0 Å². The van der Waals surface area contributed by atoms with Gasteiger partial charge in [-0.3, -0.25) is 4.79 Å². The summed E-state index contributed by atoms with van der Waals surface area (Å²) in [6.07, 6.45) is 6.14. The summed E-state index contributed by atoms with van der Waals surface area (Å²) in [5.74, 6) is 0.0525. The van der Waals surface area contributed by atoms with Crippen LogP contribution in [0.15, 0.2) is 47.1 Å². The Morgan fingerprint density at radius 3 is 2.62 bits per heavy atom. The molecular formula is C19H22BrN3O. The Morgan fingerprint density at radius 1 is 1.21 bits per heavy atom. The highest BCUT2D eigenvalue weighted by Gasteiger charge is 2.26. The molecule has 1 N–H and O–H groups in total. The molecule has 4 nitrogen and oxygen atoms in total. The van der Waals surface area contributed by atoms with Crippen molar-refractivity contribution >= 4 is 33.2 Å². The van der Waals surface area contributed by atoms with Gasteiger partial charge in [-0.25, -0.2) is 4.98 Å². The van der Waals surface area contributed by atoms with E-state index in [1.54, 1.807) is 6.20 Å². The van der Waals surface area contributed by atoms with Crippen LogP contribution in [0.4, 0.5) is 11.4 Å². The second kappa shape index (κ2) is 7.79. The molecule has 1 aliphatic rings. The van der Waals surface area contributed by atoms with Gasteiger partial charge in [0.1, 0.15) is 5.69 Å². The Kier molecular flexibility index (Phi) is 5.51. The summed E-state index contributed by atoms with van der Waals surface area (Å²) in [5.41, 5.74) is 2.39. The number of aromatic nitrogens is 1. The lowest BCUT2D eigenvalue weighted by molar-refractivity contribution is 0.0602. The van der Waals surface area contributed by atoms with E-state index in [0.29, 0.717) is 11.7 Å². The third-order valence-electron chi connectivity index (χ3n) is 4.47. The number of hydrogen-bond donors (Lipinski definition) is 1. The summed E-state index contributed by atoms with van der Waals surface area (Å²) in [7, 11) is 0. The van der Waals surface area contributed by atoms with Gasteiger partial charge in [0.25, 0.3) is 5.91 Å². The lowest BCUT2D eigenvalue weighted by Gasteiger charge is -2.35. The molecule has 24 heavy (non-hydrogen) atoms. The molecule has 0 radical (unpaired) electrons. The topological polar surface area (TPSA) is 45.2 Å². The predicted octanol–water partition coefficient (Wildman–Crippen LogP) is 4.99. The van der Waals surface area contributed by atoms with E-state index in [1.165, 1.54) is 6.42 Å². The highest BCUT2D eigenvalue weighted by Crippen LogP contribution is 2.22. The Bertz CT molecular complexity index is 685. The molecule has 2 aromatic rings. The highest BCUT2D eigenvalue weighted by molar-refractivity contribution is 9.10. The number of carbonyl (C=O) groups excluding carboxylic acids is 1. The van der Waals surface area contributed by atoms with Crippen LogP contribution in [-0.4, -0.2) is 28.4 Å². The van der Waals surface area contributed by atoms with E-state index in [9.17, 15) is 4.79 Å². The largest absolute Gasteiger partial charge is 0.354 e. The fraction of sp³-hybridized carbons (Fsp3) is 0.368. The number of carbonyl (C=O) groups is 1. The predicted molar refractivity (Wildman–Crippen MR) is 101 cm³/mol. The number of nitrogens with zero attached hydrogens (tertiary/aromatic N) is 2. The summed E-state index contributed by atoms with van der Waals surface area (Å²) in [5, 5.41) is 3.29. The number of halogens is 1. The maximum Gasteiger partial charge on any atom is 0.272 e. The van der Waals surface area contributed by atoms with Crippen LogP contribution >= 0.6 is 15.9 Å². The van der Waals surface area contributed by atoms with Crippen molar-refractivity contribution in [3.63, 3.8) is 0 Å². The number of amides is 1. The molecule has 1 amide bonds. The number of nitrogens with one attached hydrogen (secondary N) is 1. The van der Waals surface area contributed by atoms with Gasteiger partial charge in [-0.1, -0.05) is 22.9 Å². The maximum atomic E-state index is 12.7. The second-order valence-corrected chi connectivity index (χ2v) is 7.04. The average Bonchev–Trinajstić information content (AvgIpc) is 2.63. The van der Waals surface area contributed by atoms with Crippen molar-refractivity contribution < 1.29 is 4.79 Å². The molecule has 0 bridgehead atoms. The number of hydrogen-bond acceptors (Lipinski definition) is 3. The lowest BCUT2D eigenvalue weighted by Crippen LogP contribution is -2.43. The Hall–Kier alpha value is -1.88. The van der Waals surface area contributed by atoms with Gasteiger partial charge in [0.2, 0.25) is 0 Å². The van der Waals surface area contributed by atoms with Crippen LogP contribution in [0.3, 0.4) is 0 Å². The van der Waals surface area contributed by atoms with E-state index < -0.39 is 0 Å². The fourth-order valence-electron chi connectivity index (χ4n) is 3.13. The van der Waals surface area contributed by atoms with E-state index in [0.717, 1.165) is 41.7 Å². The number of rotatable bonds is 4. The quantitative estimate of drug-likeness (QED) is 0.803. The second-order valence-electron chi connectivity index (χ2n) is 6.12. The van der Waals surface area contributed by atoms with Gasteiger partial charge in [0.05, 0.1) is 11.9 Å². The first-order valence-corrected chi connectivity index (χ1v) is 9.26. The molecule has 2 heterocycles. The zero-order chi connectivity index (χ0) is 16.9. The summed E-state index contributed by atoms with van der Waals surface area (Å²) < 4.78 is 1.04. The molecule has 1 atom stereocenters. The van der Waals surface area contributed by atoms with Crippen LogP contribution < -0.4 is 5.32 Å². The third-order valence-corrected chi connectivity index (χ3v) is 5.00. The van der Waals surface area contributed by atoms with Gasteiger partial charge in [-0.05, 0) is 62.1 Å². The first-order chi connectivity index (χ1) is 11.7. The maximum absolute atomic E-state index is 12.7. The molecule has 1 saturated heterocycles. The Balaban J connectivity index is 1.69. The first-order valence-electron chi connectivity index (χ1n) is 8.47. The zero-order valence-electron chi connectivity index (χ0n) is 13.8. The minimum absolute atomic E-state index is 0.0525. The van der Waals surface area contributed by atoms with Crippen LogP contribution in [0.25, 0.3) is 0 Å². The van der Waals surface area contributed by atoms with Gasteiger partial charge < -0.3 is 10.2 Å². The number of piperidine rings is 1. The van der Waals surface area contributed by atoms with E-state index in [4.69, 9.17) is 0 Å². The number of likely N-dealkylation sites (tertiary alicyclic amines) is 1. The number of benzene rings is 1. The standard InChI is InChI=1S/C19H22BrN3O/c1-2-17-5-3-4-12-23(17)19(24)18-11-10-16(13-21-18)22-15-8-6-14(20)7-9-15/h6-11,13,17,22H,2-5,12H2,1H3. The molecule has 1 fully saturated rings. The summed E-state index contributed by atoms with van der Waals surface area (Å²) >= 11 is 3.42. The lowest BCUT2D eigenvalue weighted by atomic mass is 9.99. The van der Waals surface area contributed by atoms with Crippen LogP contribution in [-0.2, 0) is 0 Å². The van der Waals surface area contributed by atoms with Crippen molar-refractivity contribution in [2.75, 3.05) is 11.9 Å². The van der Waals surface area contributed by atoms with Crippen molar-refractivity contribution in [3.8, 4) is 0 Å². The third kappa shape index (κ3) is 3.96. The van der Waals surface area contributed by atoms with Gasteiger partial charge in [0, 0.05) is 22.7 Å². The highest BCUT2D eigenvalue weighted by atomic mass is 79.9. The van der Waals surface area contributed by atoms with E-state index >= 15 is 0 Å².